The van der Waals surface area contributed by atoms with Crippen molar-refractivity contribution < 1.29 is 24.2 Å². The molecule has 0 radical (unpaired) electrons. The fraction of sp³-hybridized carbons (Fsp3) is 0.667. The van der Waals surface area contributed by atoms with E-state index in [9.17, 15) is 19.5 Å². The Balaban J connectivity index is 1.69. The molecule has 3 rings (SSSR count). The molecule has 6 nitrogen and oxygen atoms in total. The number of hydrogen-bond acceptors (Lipinski definition) is 5. The van der Waals surface area contributed by atoms with E-state index < -0.39 is 17.3 Å². The molecule has 39 heavy (non-hydrogen) atoms. The van der Waals surface area contributed by atoms with Gasteiger partial charge in [0, 0.05) is 12.0 Å². The number of amides is 2. The Morgan fingerprint density at radius 1 is 1.03 bits per heavy atom. The summed E-state index contributed by atoms with van der Waals surface area (Å²) in [5.41, 5.74) is -1.06. The average molecular weight is 540 g/mol. The second-order valence-electron chi connectivity index (χ2n) is 13.7. The van der Waals surface area contributed by atoms with Gasteiger partial charge >= 0.3 is 0 Å². The predicted molar refractivity (Wildman–Crippen MR) is 154 cm³/mol. The van der Waals surface area contributed by atoms with Crippen LogP contribution in [0.5, 0.6) is 0 Å². The van der Waals surface area contributed by atoms with Crippen molar-refractivity contribution in [1.29, 1.82) is 0 Å². The van der Waals surface area contributed by atoms with Gasteiger partial charge in [0.05, 0.1) is 17.4 Å². The van der Waals surface area contributed by atoms with E-state index in [0.717, 1.165) is 6.42 Å². The second-order valence-corrected chi connectivity index (χ2v) is 13.7. The Labute approximate surface area is 235 Å². The highest BCUT2D eigenvalue weighted by Gasteiger charge is 2.58. The Kier molecular flexibility index (Phi) is 9.33. The highest BCUT2D eigenvalue weighted by Crippen LogP contribution is 2.51. The Bertz CT molecular complexity index is 1070. The lowest BCUT2D eigenvalue weighted by Gasteiger charge is -2.31. The number of ketones is 1. The maximum Gasteiger partial charge on any atom is 0.233 e. The van der Waals surface area contributed by atoms with Crippen LogP contribution in [0.3, 0.4) is 0 Å². The van der Waals surface area contributed by atoms with E-state index >= 15 is 0 Å². The van der Waals surface area contributed by atoms with E-state index in [2.05, 4.69) is 52.0 Å². The zero-order valence-electron chi connectivity index (χ0n) is 25.4. The number of rotatable bonds is 12. The second kappa shape index (κ2) is 11.7. The molecule has 6 heteroatoms. The lowest BCUT2D eigenvalue weighted by Crippen LogP contribution is -2.43. The van der Waals surface area contributed by atoms with Gasteiger partial charge in [-0.3, -0.25) is 19.3 Å². The highest BCUT2D eigenvalue weighted by atomic mass is 16.5. The van der Waals surface area contributed by atoms with Gasteiger partial charge in [0.1, 0.15) is 11.7 Å². The van der Waals surface area contributed by atoms with Crippen LogP contribution in [0.4, 0.5) is 0 Å². The first-order valence-corrected chi connectivity index (χ1v) is 14.5. The number of allylic oxidation sites excluding steroid dienone is 2. The van der Waals surface area contributed by atoms with Crippen molar-refractivity contribution in [1.82, 2.24) is 4.90 Å². The van der Waals surface area contributed by atoms with Crippen LogP contribution >= 0.6 is 0 Å². The summed E-state index contributed by atoms with van der Waals surface area (Å²) >= 11 is 0. The summed E-state index contributed by atoms with van der Waals surface area (Å²) < 4.78 is 5.98. The van der Waals surface area contributed by atoms with Gasteiger partial charge in [0.15, 0.2) is 5.78 Å². The topological polar surface area (TPSA) is 83.9 Å². The predicted octanol–water partition coefficient (Wildman–Crippen LogP) is 5.72. The molecule has 2 fully saturated rings. The van der Waals surface area contributed by atoms with Crippen LogP contribution < -0.4 is 0 Å². The van der Waals surface area contributed by atoms with E-state index in [1.54, 1.807) is 6.92 Å². The van der Waals surface area contributed by atoms with Crippen LogP contribution in [0.1, 0.15) is 87.1 Å². The molecular weight excluding hydrogens is 490 g/mol. The van der Waals surface area contributed by atoms with Crippen molar-refractivity contribution in [2.75, 3.05) is 6.54 Å². The van der Waals surface area contributed by atoms with Crippen LogP contribution in [-0.2, 0) is 24.5 Å². The number of imide groups is 1. The van der Waals surface area contributed by atoms with Gasteiger partial charge in [-0.1, -0.05) is 70.2 Å². The molecule has 5 unspecified atom stereocenters. The van der Waals surface area contributed by atoms with Crippen molar-refractivity contribution >= 4 is 17.6 Å². The molecule has 0 aromatic heterocycles. The summed E-state index contributed by atoms with van der Waals surface area (Å²) in [6.07, 6.45) is 5.66. The average Bonchev–Trinajstić information content (AvgIpc) is 3.34. The summed E-state index contributed by atoms with van der Waals surface area (Å²) in [7, 11) is 0. The molecule has 0 bridgehead atoms. The Morgan fingerprint density at radius 2 is 1.62 bits per heavy atom. The maximum atomic E-state index is 13.7. The fourth-order valence-corrected chi connectivity index (χ4v) is 6.47. The third-order valence-electron chi connectivity index (χ3n) is 8.72. The van der Waals surface area contributed by atoms with Gasteiger partial charge in [-0.25, -0.2) is 0 Å². The van der Waals surface area contributed by atoms with Crippen LogP contribution in [0.25, 0.3) is 0 Å². The Morgan fingerprint density at radius 3 is 2.18 bits per heavy atom. The summed E-state index contributed by atoms with van der Waals surface area (Å²) in [6.45, 7) is 17.4. The molecule has 0 spiro atoms. The number of carbonyl (C=O) groups is 3. The zero-order chi connectivity index (χ0) is 29.3. The van der Waals surface area contributed by atoms with Crippen molar-refractivity contribution in [3.05, 3.63) is 48.0 Å². The van der Waals surface area contributed by atoms with Gasteiger partial charge in [0.2, 0.25) is 11.8 Å². The van der Waals surface area contributed by atoms with Crippen LogP contribution in [0.15, 0.2) is 42.5 Å². The molecule has 1 saturated carbocycles. The first-order chi connectivity index (χ1) is 18.0. The molecule has 2 aliphatic rings. The van der Waals surface area contributed by atoms with E-state index in [1.807, 2.05) is 32.0 Å². The molecule has 1 N–H and O–H groups in total. The molecule has 1 aromatic rings. The summed E-state index contributed by atoms with van der Waals surface area (Å²) in [5, 5.41) is 10.0. The lowest BCUT2D eigenvalue weighted by atomic mass is 9.82. The van der Waals surface area contributed by atoms with E-state index in [0.29, 0.717) is 25.3 Å². The van der Waals surface area contributed by atoms with Crippen molar-refractivity contribution in [3.8, 4) is 0 Å². The molecule has 216 valence electrons. The highest BCUT2D eigenvalue weighted by molar-refractivity contribution is 6.06. The summed E-state index contributed by atoms with van der Waals surface area (Å²) in [4.78, 5) is 41.1. The summed E-state index contributed by atoms with van der Waals surface area (Å²) in [6, 6.07) is 10.3. The molecule has 1 aliphatic carbocycles. The number of hydrogen-bond donors (Lipinski definition) is 1. The smallest absolute Gasteiger partial charge is 0.233 e. The number of aliphatic hydroxyl groups is 1. The molecule has 1 saturated heterocycles. The minimum Gasteiger partial charge on any atom is -0.383 e. The van der Waals surface area contributed by atoms with Crippen LogP contribution in [0, 0.1) is 29.6 Å². The third kappa shape index (κ3) is 7.07. The maximum absolute atomic E-state index is 13.7. The van der Waals surface area contributed by atoms with Gasteiger partial charge in [-0.05, 0) is 77.2 Å². The SMILES string of the molecule is CC(OC(C)(C)CCCN1C(=O)C2C(/C=C/C(C)(C)c3ccccc3)CC(C(C)C)C2C1=O)C(=O)C(C)(C)O. The molecular formula is C33H49NO5. The van der Waals surface area contributed by atoms with Crippen molar-refractivity contribution in [2.24, 2.45) is 29.6 Å². The zero-order valence-corrected chi connectivity index (χ0v) is 25.4. The van der Waals surface area contributed by atoms with Crippen molar-refractivity contribution in [2.45, 2.75) is 104 Å². The number of nitrogens with zero attached hydrogens (tertiary/aromatic N) is 1. The first kappa shape index (κ1) is 31.2. The third-order valence-corrected chi connectivity index (χ3v) is 8.72. The minimum atomic E-state index is -1.46. The number of carbonyl (C=O) groups excluding carboxylic acids is 3. The largest absolute Gasteiger partial charge is 0.383 e. The van der Waals surface area contributed by atoms with Crippen LogP contribution in [-0.4, -0.2) is 51.5 Å². The molecule has 2 amide bonds. The molecule has 1 heterocycles. The van der Waals surface area contributed by atoms with Crippen LogP contribution in [0.2, 0.25) is 0 Å². The number of ether oxygens (including phenoxy) is 1. The van der Waals surface area contributed by atoms with E-state index in [4.69, 9.17) is 4.74 Å². The number of benzene rings is 1. The van der Waals surface area contributed by atoms with Gasteiger partial charge in [0.25, 0.3) is 0 Å². The first-order valence-electron chi connectivity index (χ1n) is 14.5. The minimum absolute atomic E-state index is 0.0359. The molecule has 1 aromatic carbocycles. The number of likely N-dealkylation sites (tertiary alicyclic amines) is 1. The number of Topliss-reactive ketones (excluding diaryl/α,β-unsaturated/α-hetero) is 1. The molecule has 5 atom stereocenters. The lowest BCUT2D eigenvalue weighted by molar-refractivity contribution is -0.155. The molecule has 1 aliphatic heterocycles. The normalized spacial score (nSPS) is 25.2. The quantitative estimate of drug-likeness (QED) is 0.271. The van der Waals surface area contributed by atoms with Gasteiger partial charge in [-0.15, -0.1) is 0 Å². The fourth-order valence-electron chi connectivity index (χ4n) is 6.47. The summed E-state index contributed by atoms with van der Waals surface area (Å²) in [5.74, 6) is -0.489. The van der Waals surface area contributed by atoms with E-state index in [1.165, 1.54) is 24.3 Å². The number of fused-ring (bicyclic) bond motifs is 1. The van der Waals surface area contributed by atoms with E-state index in [-0.39, 0.29) is 46.7 Å². The van der Waals surface area contributed by atoms with Crippen molar-refractivity contribution in [3.63, 3.8) is 0 Å². The van der Waals surface area contributed by atoms with Gasteiger partial charge in [-0.2, -0.15) is 0 Å². The standard InChI is InChI=1S/C33H49NO5/c1-21(2)25-20-23(16-18-31(4,5)24-14-11-10-12-15-24)26-27(25)30(37)34(29(26)36)19-13-17-32(6,7)39-22(3)28(35)33(8,9)38/h10-12,14-16,18,21-23,25-27,38H,13,17,19-20H2,1-9H3/b18-16+. The monoisotopic (exact) mass is 539 g/mol. The Hall–Kier alpha value is -2.31. The van der Waals surface area contributed by atoms with Gasteiger partial charge < -0.3 is 9.84 Å².